The Morgan fingerprint density at radius 2 is 2.30 bits per heavy atom. The van der Waals surface area contributed by atoms with E-state index in [1.807, 2.05) is 13.8 Å². The van der Waals surface area contributed by atoms with Gasteiger partial charge in [0.05, 0.1) is 5.76 Å². The molecule has 58 valence electrons. The van der Waals surface area contributed by atoms with Gasteiger partial charge in [-0.05, 0) is 18.9 Å². The first-order valence-corrected chi connectivity index (χ1v) is 3.69. The number of nitrogens with two attached hydrogens (primary N) is 1. The Hall–Kier alpha value is -0.500. The zero-order chi connectivity index (χ0) is 7.78. The quantitative estimate of drug-likeness (QED) is 0.538. The zero-order valence-electron chi connectivity index (χ0n) is 6.59. The highest BCUT2D eigenvalue weighted by Gasteiger charge is 2.27. The summed E-state index contributed by atoms with van der Waals surface area (Å²) in [5.74, 6) is 0.450. The summed E-state index contributed by atoms with van der Waals surface area (Å²) in [5, 5.41) is 9.39. The summed E-state index contributed by atoms with van der Waals surface area (Å²) in [6.45, 7) is 4.06. The molecule has 0 amide bonds. The molecule has 0 fully saturated rings. The molecular formula is C8H15NO. The summed E-state index contributed by atoms with van der Waals surface area (Å²) >= 11 is 0. The molecule has 1 rings (SSSR count). The normalized spacial score (nSPS) is 31.5. The van der Waals surface area contributed by atoms with Crippen LogP contribution in [0.1, 0.15) is 26.7 Å². The zero-order valence-corrected chi connectivity index (χ0v) is 6.59. The summed E-state index contributed by atoms with van der Waals surface area (Å²) in [6.07, 6.45) is 3.72. The summed E-state index contributed by atoms with van der Waals surface area (Å²) in [7, 11) is 0. The van der Waals surface area contributed by atoms with Crippen LogP contribution in [0.15, 0.2) is 11.8 Å². The van der Waals surface area contributed by atoms with E-state index < -0.39 is 0 Å². The fourth-order valence-electron chi connectivity index (χ4n) is 1.17. The molecule has 0 aliphatic heterocycles. The Balaban J connectivity index is 2.78. The molecule has 0 heterocycles. The topological polar surface area (TPSA) is 46.2 Å². The lowest BCUT2D eigenvalue weighted by Gasteiger charge is -2.29. The molecule has 1 aliphatic rings. The van der Waals surface area contributed by atoms with Crippen molar-refractivity contribution in [3.05, 3.63) is 11.8 Å². The van der Waals surface area contributed by atoms with E-state index in [9.17, 15) is 5.11 Å². The van der Waals surface area contributed by atoms with Crippen LogP contribution in [0.25, 0.3) is 0 Å². The summed E-state index contributed by atoms with van der Waals surface area (Å²) in [4.78, 5) is 0. The minimum atomic E-state index is -0.0458. The van der Waals surface area contributed by atoms with Crippen LogP contribution in [-0.2, 0) is 0 Å². The van der Waals surface area contributed by atoms with E-state index in [2.05, 4.69) is 0 Å². The molecule has 10 heavy (non-hydrogen) atoms. The Kier molecular flexibility index (Phi) is 1.73. The van der Waals surface area contributed by atoms with Crippen molar-refractivity contribution in [2.75, 3.05) is 0 Å². The summed E-state index contributed by atoms with van der Waals surface area (Å²) < 4.78 is 0. The highest BCUT2D eigenvalue weighted by atomic mass is 16.3. The second-order valence-corrected chi connectivity index (χ2v) is 3.64. The molecule has 2 heteroatoms. The van der Waals surface area contributed by atoms with E-state index in [1.165, 1.54) is 0 Å². The van der Waals surface area contributed by atoms with Crippen LogP contribution in [0.2, 0.25) is 0 Å². The third-order valence-electron chi connectivity index (χ3n) is 2.17. The Bertz CT molecular complexity index is 161. The van der Waals surface area contributed by atoms with Crippen LogP contribution in [0.5, 0.6) is 0 Å². The van der Waals surface area contributed by atoms with Gasteiger partial charge in [-0.15, -0.1) is 0 Å². The fraction of sp³-hybridized carbons (Fsp3) is 0.750. The van der Waals surface area contributed by atoms with Crippen LogP contribution in [0.3, 0.4) is 0 Å². The van der Waals surface area contributed by atoms with Crippen LogP contribution in [0.4, 0.5) is 0 Å². The van der Waals surface area contributed by atoms with Crippen molar-refractivity contribution >= 4 is 0 Å². The summed E-state index contributed by atoms with van der Waals surface area (Å²) in [5.41, 5.74) is 5.56. The highest BCUT2D eigenvalue weighted by Crippen LogP contribution is 2.34. The number of hydrogen-bond donors (Lipinski definition) is 2. The minimum absolute atomic E-state index is 0.0458. The molecule has 0 spiro atoms. The molecule has 0 aromatic carbocycles. The third-order valence-corrected chi connectivity index (χ3v) is 2.17. The van der Waals surface area contributed by atoms with E-state index >= 15 is 0 Å². The Morgan fingerprint density at radius 1 is 1.70 bits per heavy atom. The van der Waals surface area contributed by atoms with Gasteiger partial charge in [-0.2, -0.15) is 0 Å². The first-order chi connectivity index (χ1) is 4.52. The number of aliphatic hydroxyl groups excluding tert-OH is 1. The van der Waals surface area contributed by atoms with Gasteiger partial charge in [0.2, 0.25) is 0 Å². The molecular weight excluding hydrogens is 126 g/mol. The molecule has 2 nitrogen and oxygen atoms in total. The van der Waals surface area contributed by atoms with Gasteiger partial charge < -0.3 is 10.8 Å². The molecule has 0 unspecified atom stereocenters. The van der Waals surface area contributed by atoms with Gasteiger partial charge in [-0.1, -0.05) is 13.8 Å². The largest absolute Gasteiger partial charge is 0.512 e. The second-order valence-electron chi connectivity index (χ2n) is 3.64. The van der Waals surface area contributed by atoms with Crippen molar-refractivity contribution in [3.8, 4) is 0 Å². The fourth-order valence-corrected chi connectivity index (χ4v) is 1.17. The van der Waals surface area contributed by atoms with Gasteiger partial charge in [0.15, 0.2) is 0 Å². The van der Waals surface area contributed by atoms with Gasteiger partial charge in [0.1, 0.15) is 0 Å². The van der Waals surface area contributed by atoms with Crippen LogP contribution in [0, 0.1) is 5.41 Å². The molecule has 0 saturated heterocycles. The average molecular weight is 141 g/mol. The van der Waals surface area contributed by atoms with Gasteiger partial charge in [0.25, 0.3) is 0 Å². The van der Waals surface area contributed by atoms with E-state index in [-0.39, 0.29) is 11.5 Å². The lowest BCUT2D eigenvalue weighted by molar-refractivity contribution is 0.219. The van der Waals surface area contributed by atoms with Gasteiger partial charge in [-0.25, -0.2) is 0 Å². The molecule has 1 atom stereocenters. The van der Waals surface area contributed by atoms with Crippen molar-refractivity contribution in [3.63, 3.8) is 0 Å². The van der Waals surface area contributed by atoms with Crippen LogP contribution >= 0.6 is 0 Å². The van der Waals surface area contributed by atoms with E-state index in [1.54, 1.807) is 6.08 Å². The van der Waals surface area contributed by atoms with Gasteiger partial charge in [0, 0.05) is 11.5 Å². The maximum Gasteiger partial charge on any atom is 0.0954 e. The standard InChI is InChI=1S/C8H15NO/c1-8(2)4-3-6(9)5-7(8)10/h5-6,10H,3-4,9H2,1-2H3/t6-/m0/s1. The maximum absolute atomic E-state index is 9.39. The molecule has 0 radical (unpaired) electrons. The second kappa shape index (κ2) is 2.27. The Labute approximate surface area is 61.7 Å². The van der Waals surface area contributed by atoms with Crippen molar-refractivity contribution in [1.82, 2.24) is 0 Å². The molecule has 0 saturated carbocycles. The van der Waals surface area contributed by atoms with Crippen LogP contribution < -0.4 is 5.73 Å². The van der Waals surface area contributed by atoms with E-state index in [4.69, 9.17) is 5.73 Å². The first-order valence-electron chi connectivity index (χ1n) is 3.69. The van der Waals surface area contributed by atoms with Crippen molar-refractivity contribution in [2.24, 2.45) is 11.1 Å². The average Bonchev–Trinajstić information content (AvgIpc) is 1.81. The number of aliphatic hydroxyl groups is 1. The lowest BCUT2D eigenvalue weighted by atomic mass is 9.79. The van der Waals surface area contributed by atoms with Gasteiger partial charge >= 0.3 is 0 Å². The van der Waals surface area contributed by atoms with Crippen molar-refractivity contribution in [1.29, 1.82) is 0 Å². The SMILES string of the molecule is CC1(C)CC[C@H](N)C=C1O. The minimum Gasteiger partial charge on any atom is -0.512 e. The van der Waals surface area contributed by atoms with Crippen molar-refractivity contribution < 1.29 is 5.11 Å². The third kappa shape index (κ3) is 1.32. The predicted octanol–water partition coefficient (Wildman–Crippen LogP) is 1.58. The first kappa shape index (κ1) is 7.61. The summed E-state index contributed by atoms with van der Waals surface area (Å²) in [6, 6.07) is 0.0630. The monoisotopic (exact) mass is 141 g/mol. The molecule has 0 aromatic rings. The Morgan fingerprint density at radius 3 is 2.70 bits per heavy atom. The molecule has 0 aromatic heterocycles. The number of hydrogen-bond acceptors (Lipinski definition) is 2. The van der Waals surface area contributed by atoms with Crippen molar-refractivity contribution in [2.45, 2.75) is 32.7 Å². The smallest absolute Gasteiger partial charge is 0.0954 e. The number of rotatable bonds is 0. The van der Waals surface area contributed by atoms with E-state index in [0.29, 0.717) is 5.76 Å². The number of allylic oxidation sites excluding steroid dienone is 1. The molecule has 1 aliphatic carbocycles. The maximum atomic E-state index is 9.39. The van der Waals surface area contributed by atoms with Gasteiger partial charge in [-0.3, -0.25) is 0 Å². The highest BCUT2D eigenvalue weighted by molar-refractivity contribution is 5.11. The lowest BCUT2D eigenvalue weighted by Crippen LogP contribution is -2.29. The predicted molar refractivity (Wildman–Crippen MR) is 41.7 cm³/mol. The van der Waals surface area contributed by atoms with E-state index in [0.717, 1.165) is 12.8 Å². The van der Waals surface area contributed by atoms with Crippen LogP contribution in [-0.4, -0.2) is 11.1 Å². The molecule has 3 N–H and O–H groups in total. The molecule has 0 bridgehead atoms.